The summed E-state index contributed by atoms with van der Waals surface area (Å²) in [5.41, 5.74) is 0. The van der Waals surface area contributed by atoms with Crippen LogP contribution in [0.1, 0.15) is 48.0 Å². The lowest BCUT2D eigenvalue weighted by Gasteiger charge is -2.48. The highest BCUT2D eigenvalue weighted by Crippen LogP contribution is 2.48. The maximum absolute atomic E-state index is 2.44. The van der Waals surface area contributed by atoms with Crippen LogP contribution < -0.4 is 0 Å². The lowest BCUT2D eigenvalue weighted by atomic mass is 9.57. The Hall–Kier alpha value is 0. The standard InChI is InChI=1S/C13H26/c1-8(2)13(9(3)4)12-7-10(5)11(12)6/h8-13H,7H2,1-6H3. The molecule has 0 aromatic heterocycles. The van der Waals surface area contributed by atoms with Gasteiger partial charge >= 0.3 is 0 Å². The summed E-state index contributed by atoms with van der Waals surface area (Å²) in [6.45, 7) is 14.4. The van der Waals surface area contributed by atoms with Crippen molar-refractivity contribution in [3.63, 3.8) is 0 Å². The molecular weight excluding hydrogens is 156 g/mol. The van der Waals surface area contributed by atoms with Gasteiger partial charge in [0.1, 0.15) is 0 Å². The summed E-state index contributed by atoms with van der Waals surface area (Å²) in [6.07, 6.45) is 1.47. The first kappa shape index (κ1) is 11.1. The minimum Gasteiger partial charge on any atom is -0.0625 e. The molecule has 0 spiro atoms. The van der Waals surface area contributed by atoms with E-state index in [9.17, 15) is 0 Å². The maximum Gasteiger partial charge on any atom is -0.0337 e. The molecule has 1 saturated carbocycles. The fourth-order valence-corrected chi connectivity index (χ4v) is 3.35. The van der Waals surface area contributed by atoms with E-state index in [0.717, 1.165) is 35.5 Å². The Morgan fingerprint density at radius 2 is 1.38 bits per heavy atom. The molecule has 78 valence electrons. The van der Waals surface area contributed by atoms with Crippen LogP contribution >= 0.6 is 0 Å². The largest absolute Gasteiger partial charge is 0.0625 e. The molecule has 3 unspecified atom stereocenters. The Kier molecular flexibility index (Phi) is 3.43. The molecule has 3 atom stereocenters. The van der Waals surface area contributed by atoms with Crippen molar-refractivity contribution < 1.29 is 0 Å². The van der Waals surface area contributed by atoms with E-state index in [1.54, 1.807) is 0 Å². The Labute approximate surface area is 84.1 Å². The molecule has 0 bridgehead atoms. The van der Waals surface area contributed by atoms with Crippen molar-refractivity contribution in [2.75, 3.05) is 0 Å². The summed E-state index contributed by atoms with van der Waals surface area (Å²) in [5, 5.41) is 0. The second kappa shape index (κ2) is 4.02. The van der Waals surface area contributed by atoms with Gasteiger partial charge in [-0.1, -0.05) is 41.5 Å². The second-order valence-electron chi connectivity index (χ2n) is 5.80. The first-order valence-electron chi connectivity index (χ1n) is 5.95. The average Bonchev–Trinajstić information content (AvgIpc) is 2.02. The van der Waals surface area contributed by atoms with Gasteiger partial charge in [-0.15, -0.1) is 0 Å². The second-order valence-corrected chi connectivity index (χ2v) is 5.80. The van der Waals surface area contributed by atoms with Gasteiger partial charge in [0.05, 0.1) is 0 Å². The summed E-state index contributed by atoms with van der Waals surface area (Å²) in [4.78, 5) is 0. The van der Waals surface area contributed by atoms with E-state index in [4.69, 9.17) is 0 Å². The van der Waals surface area contributed by atoms with Crippen molar-refractivity contribution in [3.05, 3.63) is 0 Å². The lowest BCUT2D eigenvalue weighted by molar-refractivity contribution is 0.00573. The molecule has 0 aromatic rings. The summed E-state index contributed by atoms with van der Waals surface area (Å²) in [6, 6.07) is 0. The van der Waals surface area contributed by atoms with Crippen molar-refractivity contribution in [1.29, 1.82) is 0 Å². The maximum atomic E-state index is 2.44. The Morgan fingerprint density at radius 3 is 1.62 bits per heavy atom. The van der Waals surface area contributed by atoms with Crippen LogP contribution in [0.25, 0.3) is 0 Å². The fourth-order valence-electron chi connectivity index (χ4n) is 3.35. The van der Waals surface area contributed by atoms with Crippen molar-refractivity contribution >= 4 is 0 Å². The topological polar surface area (TPSA) is 0 Å². The summed E-state index contributed by atoms with van der Waals surface area (Å²) < 4.78 is 0. The van der Waals surface area contributed by atoms with Gasteiger partial charge in [-0.25, -0.2) is 0 Å². The van der Waals surface area contributed by atoms with Gasteiger partial charge in [0.2, 0.25) is 0 Å². The van der Waals surface area contributed by atoms with E-state index in [1.165, 1.54) is 6.42 Å². The third-order valence-electron chi connectivity index (χ3n) is 4.25. The SMILES string of the molecule is CC(C)C(C(C)C)C1CC(C)C1C. The predicted molar refractivity (Wildman–Crippen MR) is 59.6 cm³/mol. The zero-order chi connectivity index (χ0) is 10.2. The number of hydrogen-bond donors (Lipinski definition) is 0. The first-order valence-corrected chi connectivity index (χ1v) is 5.95. The van der Waals surface area contributed by atoms with Gasteiger partial charge in [0.25, 0.3) is 0 Å². The van der Waals surface area contributed by atoms with E-state index >= 15 is 0 Å². The van der Waals surface area contributed by atoms with Gasteiger partial charge < -0.3 is 0 Å². The van der Waals surface area contributed by atoms with E-state index in [1.807, 2.05) is 0 Å². The van der Waals surface area contributed by atoms with Crippen LogP contribution in [0, 0.1) is 35.5 Å². The van der Waals surface area contributed by atoms with Crippen LogP contribution in [-0.2, 0) is 0 Å². The number of rotatable bonds is 3. The summed E-state index contributed by atoms with van der Waals surface area (Å²) in [7, 11) is 0. The zero-order valence-electron chi connectivity index (χ0n) is 10.2. The monoisotopic (exact) mass is 182 g/mol. The fraction of sp³-hybridized carbons (Fsp3) is 1.00. The molecule has 1 aliphatic rings. The minimum atomic E-state index is 0.861. The van der Waals surface area contributed by atoms with Crippen LogP contribution in [0.5, 0.6) is 0 Å². The molecule has 0 amide bonds. The molecule has 0 saturated heterocycles. The molecular formula is C13H26. The predicted octanol–water partition coefficient (Wildman–Crippen LogP) is 4.21. The third kappa shape index (κ3) is 2.08. The van der Waals surface area contributed by atoms with E-state index in [-0.39, 0.29) is 0 Å². The molecule has 1 aliphatic carbocycles. The van der Waals surface area contributed by atoms with Gasteiger partial charge in [-0.05, 0) is 41.9 Å². The lowest BCUT2D eigenvalue weighted by Crippen LogP contribution is -2.41. The summed E-state index contributed by atoms with van der Waals surface area (Å²) >= 11 is 0. The van der Waals surface area contributed by atoms with Crippen LogP contribution in [0.2, 0.25) is 0 Å². The van der Waals surface area contributed by atoms with Crippen LogP contribution in [0.3, 0.4) is 0 Å². The van der Waals surface area contributed by atoms with Gasteiger partial charge in [0, 0.05) is 0 Å². The van der Waals surface area contributed by atoms with Crippen molar-refractivity contribution in [2.45, 2.75) is 48.0 Å². The third-order valence-corrected chi connectivity index (χ3v) is 4.25. The van der Waals surface area contributed by atoms with Crippen molar-refractivity contribution in [2.24, 2.45) is 35.5 Å². The highest BCUT2D eigenvalue weighted by atomic mass is 14.5. The summed E-state index contributed by atoms with van der Waals surface area (Å²) in [5.74, 6) is 5.63. The van der Waals surface area contributed by atoms with Crippen LogP contribution in [0.15, 0.2) is 0 Å². The van der Waals surface area contributed by atoms with Crippen molar-refractivity contribution in [3.8, 4) is 0 Å². The van der Waals surface area contributed by atoms with Gasteiger partial charge in [-0.2, -0.15) is 0 Å². The molecule has 13 heavy (non-hydrogen) atoms. The Balaban J connectivity index is 2.57. The highest BCUT2D eigenvalue weighted by Gasteiger charge is 2.41. The quantitative estimate of drug-likeness (QED) is 0.613. The smallest absolute Gasteiger partial charge is 0.0337 e. The Bertz CT molecular complexity index is 149. The molecule has 0 nitrogen and oxygen atoms in total. The molecule has 0 heterocycles. The first-order chi connectivity index (χ1) is 5.95. The van der Waals surface area contributed by atoms with Crippen LogP contribution in [0.4, 0.5) is 0 Å². The molecule has 0 N–H and O–H groups in total. The number of hydrogen-bond acceptors (Lipinski definition) is 0. The van der Waals surface area contributed by atoms with Crippen molar-refractivity contribution in [1.82, 2.24) is 0 Å². The zero-order valence-corrected chi connectivity index (χ0v) is 10.2. The van der Waals surface area contributed by atoms with Crippen LogP contribution in [-0.4, -0.2) is 0 Å². The average molecular weight is 182 g/mol. The van der Waals surface area contributed by atoms with Gasteiger partial charge in [-0.3, -0.25) is 0 Å². The van der Waals surface area contributed by atoms with E-state index in [0.29, 0.717) is 0 Å². The van der Waals surface area contributed by atoms with E-state index < -0.39 is 0 Å². The normalized spacial score (nSPS) is 34.4. The van der Waals surface area contributed by atoms with Gasteiger partial charge in [0.15, 0.2) is 0 Å². The molecule has 0 aromatic carbocycles. The highest BCUT2D eigenvalue weighted by molar-refractivity contribution is 4.90. The molecule has 0 aliphatic heterocycles. The minimum absolute atomic E-state index is 0.861. The molecule has 0 radical (unpaired) electrons. The molecule has 1 fully saturated rings. The van der Waals surface area contributed by atoms with E-state index in [2.05, 4.69) is 41.5 Å². The molecule has 0 heteroatoms. The molecule has 1 rings (SSSR count). The Morgan fingerprint density at radius 1 is 0.923 bits per heavy atom.